The zero-order valence-electron chi connectivity index (χ0n) is 12.0. The van der Waals surface area contributed by atoms with Gasteiger partial charge in [0.15, 0.2) is 0 Å². The van der Waals surface area contributed by atoms with E-state index in [0.29, 0.717) is 0 Å². The van der Waals surface area contributed by atoms with Crippen LogP contribution >= 0.6 is 0 Å². The third-order valence-electron chi connectivity index (χ3n) is 4.85. The van der Waals surface area contributed by atoms with Gasteiger partial charge in [0.1, 0.15) is 0 Å². The van der Waals surface area contributed by atoms with Crippen LogP contribution < -0.4 is 0 Å². The largest absolute Gasteiger partial charge is 0.0804 e. The van der Waals surface area contributed by atoms with Gasteiger partial charge >= 0.3 is 0 Å². The molecule has 2 aliphatic carbocycles. The Bertz CT molecular complexity index is 436. The summed E-state index contributed by atoms with van der Waals surface area (Å²) in [5, 5.41) is 0. The smallest absolute Gasteiger partial charge is 0.0583 e. The van der Waals surface area contributed by atoms with Crippen LogP contribution in [0, 0.1) is 0 Å². The fraction of sp³-hybridized carbons (Fsp3) is 0.500. The maximum atomic E-state index is 2.54. The minimum Gasteiger partial charge on any atom is -0.0804 e. The SMILES string of the molecule is CC1=CC([SiH](C)C2C(C)=C(C)C(C)=C2C)C=C1. The molecule has 2 rings (SSSR count). The molecule has 0 nitrogen and oxygen atoms in total. The predicted molar refractivity (Wildman–Crippen MR) is 80.2 cm³/mol. The number of rotatable bonds is 2. The average molecular weight is 244 g/mol. The Hall–Kier alpha value is -0.823. The van der Waals surface area contributed by atoms with Gasteiger partial charge in [0.05, 0.1) is 8.80 Å². The average Bonchev–Trinajstić information content (AvgIpc) is 2.79. The van der Waals surface area contributed by atoms with E-state index in [1.54, 1.807) is 22.3 Å². The van der Waals surface area contributed by atoms with Crippen molar-refractivity contribution in [2.24, 2.45) is 0 Å². The molecule has 0 radical (unpaired) electrons. The lowest BCUT2D eigenvalue weighted by molar-refractivity contribution is 1.06. The third-order valence-corrected chi connectivity index (χ3v) is 8.53. The second-order valence-electron chi connectivity index (χ2n) is 5.80. The first-order chi connectivity index (χ1) is 7.93. The molecule has 0 aromatic carbocycles. The fourth-order valence-corrected chi connectivity index (χ4v) is 6.99. The quantitative estimate of drug-likeness (QED) is 0.613. The van der Waals surface area contributed by atoms with E-state index in [4.69, 9.17) is 0 Å². The van der Waals surface area contributed by atoms with Crippen LogP contribution in [0.5, 0.6) is 0 Å². The van der Waals surface area contributed by atoms with Crippen molar-refractivity contribution >= 4 is 8.80 Å². The van der Waals surface area contributed by atoms with Crippen molar-refractivity contribution < 1.29 is 0 Å². The van der Waals surface area contributed by atoms with Gasteiger partial charge in [0, 0.05) is 0 Å². The summed E-state index contributed by atoms with van der Waals surface area (Å²) in [6, 6.07) is 0. The van der Waals surface area contributed by atoms with Crippen molar-refractivity contribution in [2.45, 2.75) is 52.2 Å². The zero-order chi connectivity index (χ0) is 12.7. The van der Waals surface area contributed by atoms with Crippen LogP contribution in [-0.4, -0.2) is 8.80 Å². The van der Waals surface area contributed by atoms with Crippen LogP contribution in [0.3, 0.4) is 0 Å². The summed E-state index contributed by atoms with van der Waals surface area (Å²) in [4.78, 5) is 0. The molecule has 0 aromatic heterocycles. The monoisotopic (exact) mass is 244 g/mol. The van der Waals surface area contributed by atoms with Crippen LogP contribution in [-0.2, 0) is 0 Å². The minimum atomic E-state index is -0.817. The van der Waals surface area contributed by atoms with Gasteiger partial charge in [0.25, 0.3) is 0 Å². The van der Waals surface area contributed by atoms with Gasteiger partial charge in [-0.25, -0.2) is 0 Å². The summed E-state index contributed by atoms with van der Waals surface area (Å²) < 4.78 is 0. The molecule has 0 amide bonds. The molecule has 92 valence electrons. The van der Waals surface area contributed by atoms with Crippen molar-refractivity contribution in [3.05, 3.63) is 46.1 Å². The van der Waals surface area contributed by atoms with Crippen molar-refractivity contribution in [1.29, 1.82) is 0 Å². The molecule has 0 saturated heterocycles. The van der Waals surface area contributed by atoms with Crippen LogP contribution in [0.25, 0.3) is 0 Å². The van der Waals surface area contributed by atoms with Crippen LogP contribution in [0.1, 0.15) is 34.6 Å². The van der Waals surface area contributed by atoms with Crippen molar-refractivity contribution in [3.63, 3.8) is 0 Å². The lowest BCUT2D eigenvalue weighted by Gasteiger charge is -2.25. The van der Waals surface area contributed by atoms with E-state index < -0.39 is 8.80 Å². The van der Waals surface area contributed by atoms with Gasteiger partial charge in [-0.15, -0.1) is 0 Å². The van der Waals surface area contributed by atoms with Crippen molar-refractivity contribution in [1.82, 2.24) is 0 Å². The van der Waals surface area contributed by atoms with E-state index in [0.717, 1.165) is 11.1 Å². The highest BCUT2D eigenvalue weighted by atomic mass is 28.3. The molecule has 0 aromatic rings. The maximum absolute atomic E-state index is 2.54. The van der Waals surface area contributed by atoms with Gasteiger partial charge in [-0.2, -0.15) is 0 Å². The molecule has 2 aliphatic rings. The molecule has 0 heterocycles. The topological polar surface area (TPSA) is 0 Å². The van der Waals surface area contributed by atoms with E-state index in [-0.39, 0.29) is 0 Å². The standard InChI is InChI=1S/C16H24Si/c1-10-7-8-15(9-10)17(6)16-13(4)11(2)12(3)14(16)5/h7-9,15-17H,1-6H3. The van der Waals surface area contributed by atoms with Crippen molar-refractivity contribution in [2.75, 3.05) is 0 Å². The molecular formula is C16H24Si. The highest BCUT2D eigenvalue weighted by Gasteiger charge is 2.33. The van der Waals surface area contributed by atoms with E-state index in [1.165, 1.54) is 5.57 Å². The van der Waals surface area contributed by atoms with Crippen LogP contribution in [0.4, 0.5) is 0 Å². The molecule has 2 unspecified atom stereocenters. The second-order valence-corrected chi connectivity index (χ2v) is 8.95. The van der Waals surface area contributed by atoms with Crippen molar-refractivity contribution in [3.8, 4) is 0 Å². The Labute approximate surface area is 107 Å². The summed E-state index contributed by atoms with van der Waals surface area (Å²) >= 11 is 0. The Morgan fingerprint density at radius 3 is 1.88 bits per heavy atom. The molecule has 2 atom stereocenters. The lowest BCUT2D eigenvalue weighted by Crippen LogP contribution is -2.21. The number of hydrogen-bond acceptors (Lipinski definition) is 0. The van der Waals surface area contributed by atoms with E-state index in [2.05, 4.69) is 59.4 Å². The van der Waals surface area contributed by atoms with Crippen LogP contribution in [0.2, 0.25) is 17.6 Å². The summed E-state index contributed by atoms with van der Waals surface area (Å²) in [7, 11) is -0.817. The maximum Gasteiger partial charge on any atom is 0.0583 e. The minimum absolute atomic E-state index is 0.753. The molecule has 0 N–H and O–H groups in total. The van der Waals surface area contributed by atoms with Gasteiger partial charge < -0.3 is 0 Å². The van der Waals surface area contributed by atoms with E-state index in [1.807, 2.05) is 0 Å². The molecule has 0 fully saturated rings. The summed E-state index contributed by atoms with van der Waals surface area (Å²) in [5.41, 5.74) is 9.37. The Morgan fingerprint density at radius 1 is 0.941 bits per heavy atom. The molecule has 0 saturated carbocycles. The number of hydrogen-bond donors (Lipinski definition) is 0. The first-order valence-corrected chi connectivity index (χ1v) is 9.14. The first-order valence-electron chi connectivity index (χ1n) is 6.65. The highest BCUT2D eigenvalue weighted by molar-refractivity contribution is 6.63. The molecule has 0 aliphatic heterocycles. The fourth-order valence-electron chi connectivity index (χ4n) is 3.40. The normalized spacial score (nSPS) is 27.2. The molecule has 17 heavy (non-hydrogen) atoms. The number of allylic oxidation sites excluding steroid dienone is 8. The Balaban J connectivity index is 2.28. The zero-order valence-corrected chi connectivity index (χ0v) is 13.1. The van der Waals surface area contributed by atoms with E-state index >= 15 is 0 Å². The molecular weight excluding hydrogens is 220 g/mol. The second kappa shape index (κ2) is 4.45. The third kappa shape index (κ3) is 2.01. The predicted octanol–water partition coefficient (Wildman–Crippen LogP) is 4.79. The highest BCUT2D eigenvalue weighted by Crippen LogP contribution is 2.46. The summed E-state index contributed by atoms with van der Waals surface area (Å²) in [6.45, 7) is 14.0. The van der Waals surface area contributed by atoms with Gasteiger partial charge in [-0.05, 0) is 56.8 Å². The van der Waals surface area contributed by atoms with Gasteiger partial charge in [-0.3, -0.25) is 0 Å². The summed E-state index contributed by atoms with van der Waals surface area (Å²) in [6.07, 6.45) is 7.19. The first kappa shape index (κ1) is 12.6. The molecule has 0 bridgehead atoms. The summed E-state index contributed by atoms with van der Waals surface area (Å²) in [5.74, 6) is 0. The Kier molecular flexibility index (Phi) is 3.31. The Morgan fingerprint density at radius 2 is 1.47 bits per heavy atom. The molecule has 0 spiro atoms. The lowest BCUT2D eigenvalue weighted by atomic mass is 10.1. The van der Waals surface area contributed by atoms with Gasteiger partial charge in [-0.1, -0.05) is 41.5 Å². The van der Waals surface area contributed by atoms with E-state index in [9.17, 15) is 0 Å². The van der Waals surface area contributed by atoms with Crippen LogP contribution in [0.15, 0.2) is 46.1 Å². The molecule has 1 heteroatoms. The van der Waals surface area contributed by atoms with Gasteiger partial charge in [0.2, 0.25) is 0 Å².